The number of benzene rings is 2. The number of carbonyl (C=O) groups is 2. The lowest BCUT2D eigenvalue weighted by Gasteiger charge is -2.14. The Hall–Kier alpha value is -2.93. The number of halogens is 1. The van der Waals surface area contributed by atoms with Crippen LogP contribution in [0.4, 0.5) is 5.69 Å². The third-order valence-electron chi connectivity index (χ3n) is 3.39. The molecule has 0 aliphatic rings. The Bertz CT molecular complexity index is 808. The zero-order valence-corrected chi connectivity index (χ0v) is 15.3. The van der Waals surface area contributed by atoms with Crippen LogP contribution in [0.1, 0.15) is 10.4 Å². The van der Waals surface area contributed by atoms with Crippen molar-refractivity contribution in [3.8, 4) is 17.2 Å². The van der Waals surface area contributed by atoms with Crippen molar-refractivity contribution < 1.29 is 28.5 Å². The first-order valence-corrected chi connectivity index (χ1v) is 7.89. The van der Waals surface area contributed by atoms with E-state index in [4.69, 9.17) is 25.8 Å². The van der Waals surface area contributed by atoms with E-state index in [0.29, 0.717) is 17.2 Å². The smallest absolute Gasteiger partial charge is 0.337 e. The highest BCUT2D eigenvalue weighted by atomic mass is 35.5. The monoisotopic (exact) mass is 379 g/mol. The minimum absolute atomic E-state index is 0.266. The van der Waals surface area contributed by atoms with E-state index >= 15 is 0 Å². The van der Waals surface area contributed by atoms with Crippen LogP contribution >= 0.6 is 11.6 Å². The van der Waals surface area contributed by atoms with Crippen LogP contribution in [-0.4, -0.2) is 39.8 Å². The fourth-order valence-electron chi connectivity index (χ4n) is 2.17. The van der Waals surface area contributed by atoms with E-state index in [1.165, 1.54) is 39.5 Å². The van der Waals surface area contributed by atoms with Gasteiger partial charge in [0.2, 0.25) is 5.75 Å². The molecule has 2 aromatic rings. The number of carbonyl (C=O) groups excluding carboxylic acids is 2. The van der Waals surface area contributed by atoms with Crippen LogP contribution in [0, 0.1) is 0 Å². The maximum atomic E-state index is 12.2. The number of nitrogens with one attached hydrogen (secondary N) is 1. The molecule has 1 N–H and O–H groups in total. The number of para-hydroxylation sites is 1. The molecule has 26 heavy (non-hydrogen) atoms. The Balaban J connectivity index is 2.07. The second-order valence-electron chi connectivity index (χ2n) is 5.01. The molecule has 0 saturated heterocycles. The van der Waals surface area contributed by atoms with E-state index in [9.17, 15) is 9.59 Å². The molecule has 0 bridgehead atoms. The molecule has 8 heteroatoms. The lowest BCUT2D eigenvalue weighted by molar-refractivity contribution is -0.118. The summed E-state index contributed by atoms with van der Waals surface area (Å²) >= 11 is 6.05. The molecule has 0 atom stereocenters. The quantitative estimate of drug-likeness (QED) is 0.744. The summed E-state index contributed by atoms with van der Waals surface area (Å²) in [5, 5.41) is 2.87. The van der Waals surface area contributed by atoms with Gasteiger partial charge in [0.1, 0.15) is 0 Å². The molecule has 0 heterocycles. The molecule has 1 amide bonds. The topological polar surface area (TPSA) is 83.1 Å². The maximum Gasteiger partial charge on any atom is 0.337 e. The summed E-state index contributed by atoms with van der Waals surface area (Å²) in [7, 11) is 4.25. The second kappa shape index (κ2) is 8.96. The van der Waals surface area contributed by atoms with E-state index in [-0.39, 0.29) is 22.9 Å². The Morgan fingerprint density at radius 3 is 2.42 bits per heavy atom. The van der Waals surface area contributed by atoms with Gasteiger partial charge in [-0.05, 0) is 30.3 Å². The molecule has 2 aromatic carbocycles. The van der Waals surface area contributed by atoms with E-state index in [0.717, 1.165) is 0 Å². The number of anilines is 1. The van der Waals surface area contributed by atoms with Crippen molar-refractivity contribution in [3.63, 3.8) is 0 Å². The van der Waals surface area contributed by atoms with Gasteiger partial charge in [0.15, 0.2) is 18.1 Å². The lowest BCUT2D eigenvalue weighted by Crippen LogP contribution is -2.21. The first kappa shape index (κ1) is 19.4. The number of esters is 1. The fraction of sp³-hybridized carbons (Fsp3) is 0.222. The van der Waals surface area contributed by atoms with Crippen LogP contribution in [0.2, 0.25) is 5.02 Å². The van der Waals surface area contributed by atoms with Crippen molar-refractivity contribution in [3.05, 3.63) is 47.0 Å². The van der Waals surface area contributed by atoms with Gasteiger partial charge in [0, 0.05) is 0 Å². The first-order valence-electron chi connectivity index (χ1n) is 7.51. The number of ether oxygens (including phenoxy) is 4. The molecule has 0 aliphatic carbocycles. The van der Waals surface area contributed by atoms with Gasteiger partial charge in [-0.3, -0.25) is 4.79 Å². The van der Waals surface area contributed by atoms with Crippen molar-refractivity contribution in [1.29, 1.82) is 0 Å². The Labute approximate surface area is 155 Å². The summed E-state index contributed by atoms with van der Waals surface area (Å²) in [5.74, 6) is 0.234. The first-order chi connectivity index (χ1) is 12.5. The lowest BCUT2D eigenvalue weighted by atomic mass is 10.2. The molecule has 7 nitrogen and oxygen atoms in total. The molecule has 0 fully saturated rings. The molecular formula is C18H18ClNO6. The van der Waals surface area contributed by atoms with Gasteiger partial charge in [0.05, 0.1) is 37.6 Å². The van der Waals surface area contributed by atoms with E-state index < -0.39 is 11.9 Å². The number of methoxy groups -OCH3 is 3. The molecule has 138 valence electrons. The summed E-state index contributed by atoms with van der Waals surface area (Å²) in [5.41, 5.74) is 0.545. The van der Waals surface area contributed by atoms with Gasteiger partial charge in [-0.2, -0.15) is 0 Å². The minimum atomic E-state index is -0.533. The Morgan fingerprint density at radius 2 is 1.77 bits per heavy atom. The van der Waals surface area contributed by atoms with Crippen LogP contribution in [-0.2, 0) is 9.53 Å². The third-order valence-corrected chi connectivity index (χ3v) is 3.72. The number of hydrogen-bond acceptors (Lipinski definition) is 6. The van der Waals surface area contributed by atoms with E-state index in [1.807, 2.05) is 0 Å². The minimum Gasteiger partial charge on any atom is -0.493 e. The molecule has 0 spiro atoms. The van der Waals surface area contributed by atoms with Crippen molar-refractivity contribution in [1.82, 2.24) is 0 Å². The van der Waals surface area contributed by atoms with Crippen LogP contribution < -0.4 is 19.5 Å². The van der Waals surface area contributed by atoms with Crippen LogP contribution in [0.5, 0.6) is 17.2 Å². The standard InChI is InChI=1S/C18H18ClNO6/c1-23-14-5-4-6-15(17(14)24-2)26-10-16(21)20-13-9-11(18(22)25-3)7-8-12(13)19/h4-9H,10H2,1-3H3,(H,20,21). The molecule has 0 aliphatic heterocycles. The molecule has 0 saturated carbocycles. The number of hydrogen-bond donors (Lipinski definition) is 1. The van der Waals surface area contributed by atoms with Gasteiger partial charge in [-0.15, -0.1) is 0 Å². The number of rotatable bonds is 7. The predicted molar refractivity (Wildman–Crippen MR) is 96.5 cm³/mol. The normalized spacial score (nSPS) is 10.0. The summed E-state index contributed by atoms with van der Waals surface area (Å²) in [4.78, 5) is 23.7. The fourth-order valence-corrected chi connectivity index (χ4v) is 2.33. The Morgan fingerprint density at radius 1 is 1.04 bits per heavy atom. The van der Waals surface area contributed by atoms with Crippen LogP contribution in [0.25, 0.3) is 0 Å². The van der Waals surface area contributed by atoms with Crippen molar-refractivity contribution in [2.45, 2.75) is 0 Å². The zero-order valence-electron chi connectivity index (χ0n) is 14.5. The van der Waals surface area contributed by atoms with Crippen molar-refractivity contribution in [2.75, 3.05) is 33.3 Å². The highest BCUT2D eigenvalue weighted by Crippen LogP contribution is 2.36. The van der Waals surface area contributed by atoms with Crippen molar-refractivity contribution in [2.24, 2.45) is 0 Å². The zero-order chi connectivity index (χ0) is 19.1. The van der Waals surface area contributed by atoms with Gasteiger partial charge >= 0.3 is 5.97 Å². The largest absolute Gasteiger partial charge is 0.493 e. The van der Waals surface area contributed by atoms with E-state index in [1.54, 1.807) is 18.2 Å². The Kier molecular flexibility index (Phi) is 6.68. The number of amides is 1. The molecule has 0 radical (unpaired) electrons. The van der Waals surface area contributed by atoms with Crippen LogP contribution in [0.15, 0.2) is 36.4 Å². The summed E-state index contributed by atoms with van der Waals surface area (Å²) in [6, 6.07) is 9.50. The molecule has 2 rings (SSSR count). The SMILES string of the molecule is COC(=O)c1ccc(Cl)c(NC(=O)COc2cccc(OC)c2OC)c1. The van der Waals surface area contributed by atoms with Crippen LogP contribution in [0.3, 0.4) is 0 Å². The molecular weight excluding hydrogens is 362 g/mol. The molecule has 0 unspecified atom stereocenters. The molecule has 0 aromatic heterocycles. The maximum absolute atomic E-state index is 12.2. The highest BCUT2D eigenvalue weighted by molar-refractivity contribution is 6.33. The summed E-state index contributed by atoms with van der Waals surface area (Å²) < 4.78 is 20.5. The van der Waals surface area contributed by atoms with Gasteiger partial charge in [-0.25, -0.2) is 4.79 Å². The van der Waals surface area contributed by atoms with Gasteiger partial charge in [0.25, 0.3) is 5.91 Å². The highest BCUT2D eigenvalue weighted by Gasteiger charge is 2.14. The van der Waals surface area contributed by atoms with Gasteiger partial charge < -0.3 is 24.3 Å². The average Bonchev–Trinajstić information content (AvgIpc) is 2.66. The summed E-state index contributed by atoms with van der Waals surface area (Å²) in [6.45, 7) is -0.289. The average molecular weight is 380 g/mol. The van der Waals surface area contributed by atoms with E-state index in [2.05, 4.69) is 10.1 Å². The summed E-state index contributed by atoms with van der Waals surface area (Å²) in [6.07, 6.45) is 0. The second-order valence-corrected chi connectivity index (χ2v) is 5.42. The van der Waals surface area contributed by atoms with Crippen molar-refractivity contribution >= 4 is 29.2 Å². The predicted octanol–water partition coefficient (Wildman–Crippen LogP) is 3.16. The third kappa shape index (κ3) is 4.58. The van der Waals surface area contributed by atoms with Gasteiger partial charge in [-0.1, -0.05) is 17.7 Å².